The minimum absolute atomic E-state index is 0. The van der Waals surface area contributed by atoms with Crippen LogP contribution >= 0.6 is 0 Å². The monoisotopic (exact) mass is 245 g/mol. The van der Waals surface area contributed by atoms with Crippen molar-refractivity contribution in [3.63, 3.8) is 0 Å². The van der Waals surface area contributed by atoms with Gasteiger partial charge in [0.25, 0.3) is 0 Å². The van der Waals surface area contributed by atoms with Crippen molar-refractivity contribution in [1.29, 1.82) is 0 Å². The molecular weight excluding hydrogens is 243 g/mol. The Morgan fingerprint density at radius 1 is 0.800 bits per heavy atom. The van der Waals surface area contributed by atoms with Crippen molar-refractivity contribution in [3.8, 4) is 0 Å². The van der Waals surface area contributed by atoms with Crippen LogP contribution in [0.1, 0.15) is 0 Å². The van der Waals surface area contributed by atoms with Gasteiger partial charge in [-0.1, -0.05) is 0 Å². The fraction of sp³-hybridized carbons (Fsp3) is 0. The molecule has 0 bridgehead atoms. The Morgan fingerprint density at radius 3 is 0.800 bits per heavy atom. The molecule has 0 aliphatic carbocycles. The minimum Gasteiger partial charge on any atom is -0.693 e. The predicted octanol–water partition coefficient (Wildman–Crippen LogP) is 0.707. The smallest absolute Gasteiger partial charge is 0 e. The molecule has 5 heteroatoms. The summed E-state index contributed by atoms with van der Waals surface area (Å²) in [5, 5.41) is 0. The minimum atomic E-state index is 0. The Balaban J connectivity index is 0. The molecule has 0 saturated heterocycles. The second kappa shape index (κ2) is 37.5. The third-order valence-electron chi connectivity index (χ3n) is 0. The van der Waals surface area contributed by atoms with Gasteiger partial charge in [-0.3, -0.25) is 0 Å². The SMILES string of the molecule is [Co].[Fe].[Fe].[NH2-].[Ni]. The standard InChI is InChI=1S/Co.2Fe.H2N.Ni/h;;;1H2;/q;;;-1;. The van der Waals surface area contributed by atoms with Gasteiger partial charge in [0.05, 0.1) is 0 Å². The van der Waals surface area contributed by atoms with Crippen LogP contribution in [-0.4, -0.2) is 0 Å². The zero-order valence-electron chi connectivity index (χ0n) is 1.93. The van der Waals surface area contributed by atoms with Gasteiger partial charge in [-0.25, -0.2) is 0 Å². The Hall–Kier alpha value is 2.00. The van der Waals surface area contributed by atoms with Crippen LogP contribution in [0.15, 0.2) is 0 Å². The Labute approximate surface area is 73.1 Å². The zero-order chi connectivity index (χ0) is 0. The molecule has 0 amide bonds. The molecular formula is H2CoFe2NNi-. The summed E-state index contributed by atoms with van der Waals surface area (Å²) in [5.74, 6) is 0. The molecule has 0 aromatic heterocycles. The van der Waals surface area contributed by atoms with Crippen LogP contribution in [0.2, 0.25) is 0 Å². The van der Waals surface area contributed by atoms with Crippen LogP contribution in [0, 0.1) is 0 Å². The molecule has 0 spiro atoms. The van der Waals surface area contributed by atoms with Gasteiger partial charge >= 0.3 is 0 Å². The maximum atomic E-state index is 0. The van der Waals surface area contributed by atoms with E-state index in [1.54, 1.807) is 0 Å². The van der Waals surface area contributed by atoms with Crippen molar-refractivity contribution < 1.29 is 67.4 Å². The quantitative estimate of drug-likeness (QED) is 0.563. The summed E-state index contributed by atoms with van der Waals surface area (Å²) in [6, 6.07) is 0. The fourth-order valence-electron chi connectivity index (χ4n) is 0. The Kier molecular flexibility index (Phi) is 473. The topological polar surface area (TPSA) is 33.5 Å². The second-order valence-electron chi connectivity index (χ2n) is 0. The van der Waals surface area contributed by atoms with E-state index in [2.05, 4.69) is 0 Å². The van der Waals surface area contributed by atoms with E-state index in [9.17, 15) is 0 Å². The van der Waals surface area contributed by atoms with Crippen LogP contribution in [0.25, 0.3) is 6.15 Å². The maximum Gasteiger partial charge on any atom is 0 e. The molecule has 5 heavy (non-hydrogen) atoms. The number of hydrogen-bond acceptors (Lipinski definition) is 0. The average Bonchev–Trinajstić information content (AvgIpc) is 0. The van der Waals surface area contributed by atoms with Gasteiger partial charge in [-0.15, -0.1) is 0 Å². The van der Waals surface area contributed by atoms with E-state index in [-0.39, 0.29) is 73.6 Å². The van der Waals surface area contributed by atoms with Crippen molar-refractivity contribution in [1.82, 2.24) is 0 Å². The molecule has 0 atom stereocenters. The van der Waals surface area contributed by atoms with Crippen LogP contribution in [0.4, 0.5) is 0 Å². The first-order valence-corrected chi connectivity index (χ1v) is 0. The van der Waals surface area contributed by atoms with Crippen LogP contribution in [0.5, 0.6) is 0 Å². The van der Waals surface area contributed by atoms with E-state index in [0.717, 1.165) is 0 Å². The molecule has 0 aliphatic heterocycles. The van der Waals surface area contributed by atoms with E-state index in [4.69, 9.17) is 0 Å². The van der Waals surface area contributed by atoms with Crippen molar-refractivity contribution in [2.45, 2.75) is 0 Å². The Bertz CT molecular complexity index is 9.61. The number of nitrogens with two attached hydrogens (primary N) is 1. The maximum absolute atomic E-state index is 0. The molecule has 0 rings (SSSR count). The molecule has 0 heterocycles. The number of hydrogen-bond donors (Lipinski definition) is 0. The molecule has 1 nitrogen and oxygen atoms in total. The summed E-state index contributed by atoms with van der Waals surface area (Å²) in [7, 11) is 0. The van der Waals surface area contributed by atoms with E-state index < -0.39 is 0 Å². The molecule has 0 aromatic rings. The van der Waals surface area contributed by atoms with Crippen LogP contribution in [-0.2, 0) is 67.4 Å². The van der Waals surface area contributed by atoms with E-state index in [1.807, 2.05) is 0 Å². The van der Waals surface area contributed by atoms with Crippen molar-refractivity contribution in [2.75, 3.05) is 0 Å². The summed E-state index contributed by atoms with van der Waals surface area (Å²) in [6.45, 7) is 0. The van der Waals surface area contributed by atoms with E-state index >= 15 is 0 Å². The largest absolute Gasteiger partial charge is 0.693 e. The predicted molar refractivity (Wildman–Crippen MR) is 5.28 cm³/mol. The van der Waals surface area contributed by atoms with E-state index in [1.165, 1.54) is 0 Å². The van der Waals surface area contributed by atoms with Crippen molar-refractivity contribution >= 4 is 0 Å². The van der Waals surface area contributed by atoms with Gasteiger partial charge in [-0.05, 0) is 0 Å². The first-order chi connectivity index (χ1) is 0. The van der Waals surface area contributed by atoms with Crippen LogP contribution < -0.4 is 0 Å². The van der Waals surface area contributed by atoms with Crippen molar-refractivity contribution in [3.05, 3.63) is 6.15 Å². The molecule has 43 valence electrons. The summed E-state index contributed by atoms with van der Waals surface area (Å²) in [4.78, 5) is 0. The van der Waals surface area contributed by atoms with Gasteiger partial charge in [0.2, 0.25) is 0 Å². The summed E-state index contributed by atoms with van der Waals surface area (Å²) >= 11 is 0. The molecule has 0 aromatic carbocycles. The summed E-state index contributed by atoms with van der Waals surface area (Å²) < 4.78 is 0. The summed E-state index contributed by atoms with van der Waals surface area (Å²) in [5.41, 5.74) is 0. The average molecular weight is 245 g/mol. The first kappa shape index (κ1) is 63.0. The van der Waals surface area contributed by atoms with E-state index in [0.29, 0.717) is 0 Å². The number of rotatable bonds is 0. The molecule has 0 saturated carbocycles. The van der Waals surface area contributed by atoms with Gasteiger partial charge in [0.15, 0.2) is 0 Å². The molecule has 0 aliphatic rings. The summed E-state index contributed by atoms with van der Waals surface area (Å²) in [6.07, 6.45) is 0. The molecule has 0 unspecified atom stereocenters. The molecule has 0 fully saturated rings. The zero-order valence-corrected chi connectivity index (χ0v) is 6.17. The van der Waals surface area contributed by atoms with Gasteiger partial charge in [0, 0.05) is 67.4 Å². The van der Waals surface area contributed by atoms with Gasteiger partial charge in [-0.2, -0.15) is 0 Å². The first-order valence-electron chi connectivity index (χ1n) is 0. The molecule has 1 radical (unpaired) electrons. The third-order valence-corrected chi connectivity index (χ3v) is 0. The third kappa shape index (κ3) is 24.0. The Morgan fingerprint density at radius 2 is 0.800 bits per heavy atom. The van der Waals surface area contributed by atoms with Gasteiger partial charge < -0.3 is 6.15 Å². The second-order valence-corrected chi connectivity index (χ2v) is 0. The van der Waals surface area contributed by atoms with Gasteiger partial charge in [0.1, 0.15) is 0 Å². The van der Waals surface area contributed by atoms with Crippen molar-refractivity contribution in [2.24, 2.45) is 0 Å². The van der Waals surface area contributed by atoms with Crippen LogP contribution in [0.3, 0.4) is 0 Å². The molecule has 2 N–H and O–H groups in total. The normalized spacial score (nSPS) is 0. The fourth-order valence-corrected chi connectivity index (χ4v) is 0.